The summed E-state index contributed by atoms with van der Waals surface area (Å²) in [4.78, 5) is 12.2. The van der Waals surface area contributed by atoms with Crippen LogP contribution >= 0.6 is 23.2 Å². The van der Waals surface area contributed by atoms with Crippen LogP contribution in [0.1, 0.15) is 111 Å². The predicted molar refractivity (Wildman–Crippen MR) is 172 cm³/mol. The molecule has 0 aromatic heterocycles. The van der Waals surface area contributed by atoms with E-state index >= 15 is 0 Å². The fraction of sp³-hybridized carbons (Fsp3) is 0.703. The van der Waals surface area contributed by atoms with Gasteiger partial charge >= 0.3 is 5.97 Å². The fourth-order valence-corrected chi connectivity index (χ4v) is 10.6. The predicted octanol–water partition coefficient (Wildman–Crippen LogP) is 11.0. The van der Waals surface area contributed by atoms with Crippen molar-refractivity contribution >= 4 is 29.2 Å². The van der Waals surface area contributed by atoms with Gasteiger partial charge in [-0.2, -0.15) is 0 Å². The summed E-state index contributed by atoms with van der Waals surface area (Å²) in [6, 6.07) is 5.92. The quantitative estimate of drug-likeness (QED) is 0.160. The zero-order chi connectivity index (χ0) is 29.5. The number of carbonyl (C=O) groups is 1. The van der Waals surface area contributed by atoms with Crippen LogP contribution in [0.5, 0.6) is 0 Å². The van der Waals surface area contributed by atoms with E-state index in [4.69, 9.17) is 27.9 Å². The molecule has 2 nitrogen and oxygen atoms in total. The van der Waals surface area contributed by atoms with Gasteiger partial charge in [-0.05, 0) is 122 Å². The average molecular weight is 600 g/mol. The molecule has 0 radical (unpaired) electrons. The first kappa shape index (κ1) is 31.2. The highest BCUT2D eigenvalue weighted by Gasteiger charge is 2.59. The van der Waals surface area contributed by atoms with Crippen LogP contribution in [-0.2, 0) is 16.0 Å². The molecule has 4 aliphatic carbocycles. The van der Waals surface area contributed by atoms with E-state index < -0.39 is 0 Å². The van der Waals surface area contributed by atoms with Crippen molar-refractivity contribution in [2.24, 2.45) is 46.3 Å². The summed E-state index contributed by atoms with van der Waals surface area (Å²) < 4.78 is 5.80. The number of hydrogen-bond acceptors (Lipinski definition) is 2. The minimum absolute atomic E-state index is 0.0199. The first-order valence-corrected chi connectivity index (χ1v) is 17.2. The van der Waals surface area contributed by atoms with Gasteiger partial charge in [0, 0.05) is 22.0 Å². The van der Waals surface area contributed by atoms with Crippen LogP contribution in [0.15, 0.2) is 42.0 Å². The Labute approximate surface area is 259 Å². The second-order valence-electron chi connectivity index (χ2n) is 15.0. The molecule has 0 aliphatic heterocycles. The number of allylic oxidation sites excluding steroid dienone is 1. The fourth-order valence-electron chi connectivity index (χ4n) is 10.1. The summed E-state index contributed by atoms with van der Waals surface area (Å²) in [5.74, 6) is 4.50. The maximum Gasteiger partial charge on any atom is 0.333 e. The van der Waals surface area contributed by atoms with Crippen LogP contribution in [0, 0.1) is 46.3 Å². The highest BCUT2D eigenvalue weighted by molar-refractivity contribution is 6.35. The molecular formula is C37H52Cl2O2. The van der Waals surface area contributed by atoms with E-state index in [1.54, 1.807) is 12.5 Å². The van der Waals surface area contributed by atoms with Crippen LogP contribution < -0.4 is 0 Å². The molecule has 0 saturated heterocycles. The lowest BCUT2D eigenvalue weighted by atomic mass is 9.47. The van der Waals surface area contributed by atoms with Crippen LogP contribution in [0.25, 0.3) is 0 Å². The van der Waals surface area contributed by atoms with Gasteiger partial charge in [-0.3, -0.25) is 0 Å². The third-order valence-corrected chi connectivity index (χ3v) is 13.0. The third kappa shape index (κ3) is 6.22. The Balaban J connectivity index is 1.17. The maximum atomic E-state index is 12.2. The number of fused-ring (bicyclic) bond motifs is 5. The van der Waals surface area contributed by atoms with Crippen LogP contribution in [0.2, 0.25) is 10.0 Å². The van der Waals surface area contributed by atoms with Gasteiger partial charge in [0.25, 0.3) is 0 Å². The molecule has 226 valence electrons. The van der Waals surface area contributed by atoms with Gasteiger partial charge in [0.1, 0.15) is 6.10 Å². The monoisotopic (exact) mass is 598 g/mol. The van der Waals surface area contributed by atoms with Gasteiger partial charge in [-0.15, -0.1) is 0 Å². The number of carbonyl (C=O) groups excluding carboxylic acids is 1. The van der Waals surface area contributed by atoms with Crippen molar-refractivity contribution in [3.05, 3.63) is 57.6 Å². The van der Waals surface area contributed by atoms with Crippen molar-refractivity contribution in [1.82, 2.24) is 0 Å². The summed E-state index contributed by atoms with van der Waals surface area (Å²) in [5, 5.41) is 1.52. The minimum atomic E-state index is -0.229. The molecule has 9 atom stereocenters. The number of halogens is 2. The summed E-state index contributed by atoms with van der Waals surface area (Å²) in [6.45, 7) is 15.7. The largest absolute Gasteiger partial charge is 0.459 e. The zero-order valence-corrected chi connectivity index (χ0v) is 27.6. The van der Waals surface area contributed by atoms with Crippen LogP contribution in [0.4, 0.5) is 0 Å². The number of rotatable bonds is 9. The Hall–Kier alpha value is -1.25. The molecule has 1 aromatic carbocycles. The van der Waals surface area contributed by atoms with Gasteiger partial charge in [0.05, 0.1) is 0 Å². The Kier molecular flexibility index (Phi) is 9.43. The van der Waals surface area contributed by atoms with E-state index in [0.29, 0.717) is 21.9 Å². The highest BCUT2D eigenvalue weighted by Crippen LogP contribution is 2.67. The number of esters is 1. The summed E-state index contributed by atoms with van der Waals surface area (Å²) in [7, 11) is 0. The molecule has 3 fully saturated rings. The molecule has 0 bridgehead atoms. The Morgan fingerprint density at radius 2 is 1.85 bits per heavy atom. The van der Waals surface area contributed by atoms with Crippen molar-refractivity contribution in [2.45, 2.75) is 118 Å². The van der Waals surface area contributed by atoms with Crippen molar-refractivity contribution in [3.8, 4) is 0 Å². The SMILES string of the molecule is C=C(C)C(=O)O[C@H]1CC[C@@]2(C)C(=CC[C@H]3[C@@H]4CC[C@H]([C@H](C)CCCC(C)Cc5ccc(Cl)cc5Cl)[C@@]4(C)CC[C@@H]32)C1. The molecule has 0 N–H and O–H groups in total. The standard InChI is InChI=1S/C37H52Cl2O2/c1-23(2)35(40)41-29-16-18-36(5)27(21-29)11-13-30-32-15-14-31(37(32,6)19-17-33(30)36)25(4)9-7-8-24(3)20-26-10-12-28(38)22-34(26)39/h10-12,22,24-25,29-33H,1,7-9,13-21H2,2-6H3/t24?,25-,29+,30+,31-,32+,33+,36+,37-/m1/s1. The Morgan fingerprint density at radius 3 is 2.59 bits per heavy atom. The first-order valence-electron chi connectivity index (χ1n) is 16.4. The molecule has 0 spiro atoms. The molecule has 0 heterocycles. The van der Waals surface area contributed by atoms with Gasteiger partial charge in [-0.25, -0.2) is 4.79 Å². The van der Waals surface area contributed by atoms with Crippen LogP contribution in [0.3, 0.4) is 0 Å². The second-order valence-corrected chi connectivity index (χ2v) is 15.8. The average Bonchev–Trinajstić information content (AvgIpc) is 3.27. The van der Waals surface area contributed by atoms with Crippen molar-refractivity contribution < 1.29 is 9.53 Å². The third-order valence-electron chi connectivity index (χ3n) is 12.4. The molecule has 5 rings (SSSR count). The van der Waals surface area contributed by atoms with Gasteiger partial charge < -0.3 is 4.74 Å². The Morgan fingerprint density at radius 1 is 1.07 bits per heavy atom. The van der Waals surface area contributed by atoms with Crippen molar-refractivity contribution in [1.29, 1.82) is 0 Å². The van der Waals surface area contributed by atoms with Crippen LogP contribution in [-0.4, -0.2) is 12.1 Å². The molecule has 1 unspecified atom stereocenters. The smallest absolute Gasteiger partial charge is 0.333 e. The van der Waals surface area contributed by atoms with Gasteiger partial charge in [-0.1, -0.05) is 94.5 Å². The molecule has 4 aliphatic rings. The molecule has 3 saturated carbocycles. The van der Waals surface area contributed by atoms with E-state index in [1.807, 2.05) is 12.1 Å². The molecule has 0 amide bonds. The number of ether oxygens (including phenoxy) is 1. The summed E-state index contributed by atoms with van der Waals surface area (Å²) in [5.41, 5.74) is 4.07. The number of hydrogen-bond donors (Lipinski definition) is 0. The normalized spacial score (nSPS) is 35.9. The molecule has 41 heavy (non-hydrogen) atoms. The van der Waals surface area contributed by atoms with E-state index in [9.17, 15) is 4.79 Å². The second kappa shape index (κ2) is 12.4. The molecule has 4 heteroatoms. The van der Waals surface area contributed by atoms with E-state index in [2.05, 4.69) is 46.4 Å². The van der Waals surface area contributed by atoms with Crippen molar-refractivity contribution in [3.63, 3.8) is 0 Å². The lowest BCUT2D eigenvalue weighted by Crippen LogP contribution is -2.51. The molecular weight excluding hydrogens is 547 g/mol. The first-order chi connectivity index (χ1) is 19.4. The summed E-state index contributed by atoms with van der Waals surface area (Å²) >= 11 is 12.5. The van der Waals surface area contributed by atoms with Crippen molar-refractivity contribution in [2.75, 3.05) is 0 Å². The van der Waals surface area contributed by atoms with E-state index in [0.717, 1.165) is 60.3 Å². The lowest BCUT2D eigenvalue weighted by Gasteiger charge is -2.58. The zero-order valence-electron chi connectivity index (χ0n) is 26.1. The highest BCUT2D eigenvalue weighted by atomic mass is 35.5. The Bertz CT molecular complexity index is 1170. The number of benzene rings is 1. The van der Waals surface area contributed by atoms with Gasteiger partial charge in [0.2, 0.25) is 0 Å². The maximum absolute atomic E-state index is 12.2. The van der Waals surface area contributed by atoms with E-state index in [-0.39, 0.29) is 17.5 Å². The topological polar surface area (TPSA) is 26.3 Å². The lowest BCUT2D eigenvalue weighted by molar-refractivity contribution is -0.146. The van der Waals surface area contributed by atoms with E-state index in [1.165, 1.54) is 56.9 Å². The minimum Gasteiger partial charge on any atom is -0.459 e. The summed E-state index contributed by atoms with van der Waals surface area (Å²) in [6.07, 6.45) is 17.4. The van der Waals surface area contributed by atoms with Gasteiger partial charge in [0.15, 0.2) is 0 Å². The molecule has 1 aromatic rings.